The van der Waals surface area contributed by atoms with Gasteiger partial charge in [-0.1, -0.05) is 31.4 Å². The highest BCUT2D eigenvalue weighted by atomic mass is 15.4. The second-order valence-electron chi connectivity index (χ2n) is 6.44. The Balaban J connectivity index is 1.45. The van der Waals surface area contributed by atoms with Crippen LogP contribution in [-0.4, -0.2) is 15.7 Å². The number of para-hydroxylation sites is 2. The predicted octanol–water partition coefficient (Wildman–Crippen LogP) is 4.32. The summed E-state index contributed by atoms with van der Waals surface area (Å²) >= 11 is 0. The van der Waals surface area contributed by atoms with Crippen molar-refractivity contribution in [3.05, 3.63) is 24.3 Å². The maximum Gasteiger partial charge on any atom is 0.222 e. The van der Waals surface area contributed by atoms with Crippen LogP contribution in [0, 0.1) is 11.8 Å². The van der Waals surface area contributed by atoms with Gasteiger partial charge in [0.25, 0.3) is 0 Å². The van der Waals surface area contributed by atoms with Crippen molar-refractivity contribution < 1.29 is 0 Å². The van der Waals surface area contributed by atoms with E-state index in [1.165, 1.54) is 44.2 Å². The van der Waals surface area contributed by atoms with E-state index in [1.54, 1.807) is 0 Å². The number of aromatic amines is 1. The number of rotatable bonds is 2. The van der Waals surface area contributed by atoms with Crippen LogP contribution >= 0.6 is 0 Å². The van der Waals surface area contributed by atoms with Crippen molar-refractivity contribution in [3.8, 4) is 0 Å². The molecule has 2 N–H and O–H groups in total. The first-order valence-corrected chi connectivity index (χ1v) is 8.15. The maximum absolute atomic E-state index is 4.61. The molecule has 4 nitrogen and oxygen atoms in total. The number of benzene rings is 1. The fourth-order valence-corrected chi connectivity index (χ4v) is 3.93. The van der Waals surface area contributed by atoms with Crippen LogP contribution in [0.4, 0.5) is 5.95 Å². The number of hydrazone groups is 1. The minimum atomic E-state index is 0.745. The van der Waals surface area contributed by atoms with Crippen molar-refractivity contribution in [3.63, 3.8) is 0 Å². The van der Waals surface area contributed by atoms with Gasteiger partial charge in [-0.3, -0.25) is 0 Å². The van der Waals surface area contributed by atoms with Crippen LogP contribution in [0.1, 0.15) is 44.9 Å². The fraction of sp³-hybridized carbons (Fsp3) is 0.529. The summed E-state index contributed by atoms with van der Waals surface area (Å²) in [5.41, 5.74) is 6.47. The third kappa shape index (κ3) is 2.67. The summed E-state index contributed by atoms with van der Waals surface area (Å²) in [7, 11) is 0. The van der Waals surface area contributed by atoms with Crippen molar-refractivity contribution in [1.29, 1.82) is 0 Å². The van der Waals surface area contributed by atoms with Crippen molar-refractivity contribution in [1.82, 2.24) is 9.97 Å². The molecule has 110 valence electrons. The number of fused-ring (bicyclic) bond motifs is 2. The van der Waals surface area contributed by atoms with Gasteiger partial charge >= 0.3 is 0 Å². The molecule has 2 aliphatic rings. The zero-order valence-corrected chi connectivity index (χ0v) is 12.3. The molecule has 1 heterocycles. The van der Waals surface area contributed by atoms with E-state index in [0.717, 1.165) is 35.2 Å². The maximum atomic E-state index is 4.61. The third-order valence-electron chi connectivity index (χ3n) is 5.08. The van der Waals surface area contributed by atoms with Crippen molar-refractivity contribution in [2.75, 3.05) is 5.43 Å². The van der Waals surface area contributed by atoms with Gasteiger partial charge in [-0.2, -0.15) is 5.10 Å². The SMILES string of the molecule is c1ccc2[nH]c(N/N=C3/CC[C@@H]4CCCC[C@@H]4C3)nc2c1. The molecule has 0 unspecified atom stereocenters. The van der Waals surface area contributed by atoms with Gasteiger partial charge in [0.05, 0.1) is 11.0 Å². The molecule has 0 radical (unpaired) electrons. The van der Waals surface area contributed by atoms with E-state index < -0.39 is 0 Å². The molecule has 4 heteroatoms. The third-order valence-corrected chi connectivity index (χ3v) is 5.08. The van der Waals surface area contributed by atoms with Crippen LogP contribution in [0.2, 0.25) is 0 Å². The molecule has 2 aliphatic carbocycles. The van der Waals surface area contributed by atoms with Gasteiger partial charge in [0.1, 0.15) is 0 Å². The molecule has 2 fully saturated rings. The monoisotopic (exact) mass is 282 g/mol. The molecule has 4 rings (SSSR count). The number of H-pyrrole nitrogens is 1. The number of aromatic nitrogens is 2. The fourth-order valence-electron chi connectivity index (χ4n) is 3.93. The molecular formula is C17H22N4. The van der Waals surface area contributed by atoms with Crippen LogP contribution in [0.25, 0.3) is 11.0 Å². The van der Waals surface area contributed by atoms with E-state index in [2.05, 4.69) is 20.5 Å². The molecule has 1 aromatic heterocycles. The molecular weight excluding hydrogens is 260 g/mol. The molecule has 2 aromatic rings. The van der Waals surface area contributed by atoms with E-state index in [9.17, 15) is 0 Å². The van der Waals surface area contributed by atoms with E-state index in [4.69, 9.17) is 0 Å². The molecule has 0 spiro atoms. The number of nitrogens with one attached hydrogen (secondary N) is 2. The smallest absolute Gasteiger partial charge is 0.222 e. The number of anilines is 1. The molecule has 2 saturated carbocycles. The molecule has 0 bridgehead atoms. The Kier molecular flexibility index (Phi) is 3.37. The van der Waals surface area contributed by atoms with Crippen molar-refractivity contribution in [2.45, 2.75) is 44.9 Å². The van der Waals surface area contributed by atoms with Crippen molar-refractivity contribution in [2.24, 2.45) is 16.9 Å². The Bertz CT molecular complexity index is 625. The van der Waals surface area contributed by atoms with E-state index in [-0.39, 0.29) is 0 Å². The molecule has 1 aromatic carbocycles. The minimum Gasteiger partial charge on any atom is -0.323 e. The van der Waals surface area contributed by atoms with Gasteiger partial charge in [0.15, 0.2) is 0 Å². The summed E-state index contributed by atoms with van der Waals surface area (Å²) in [5.74, 6) is 2.59. The summed E-state index contributed by atoms with van der Waals surface area (Å²) in [6.45, 7) is 0. The molecule has 2 atom stereocenters. The number of hydrogen-bond acceptors (Lipinski definition) is 3. The molecule has 0 saturated heterocycles. The predicted molar refractivity (Wildman–Crippen MR) is 86.5 cm³/mol. The quantitative estimate of drug-likeness (QED) is 0.806. The van der Waals surface area contributed by atoms with Crippen molar-refractivity contribution >= 4 is 22.7 Å². The summed E-state index contributed by atoms with van der Waals surface area (Å²) < 4.78 is 0. The summed E-state index contributed by atoms with van der Waals surface area (Å²) in [5, 5.41) is 4.61. The van der Waals surface area contributed by atoms with Gasteiger partial charge in [0.2, 0.25) is 5.95 Å². The number of hydrogen-bond donors (Lipinski definition) is 2. The van der Waals surface area contributed by atoms with Crippen LogP contribution in [0.15, 0.2) is 29.4 Å². The molecule has 0 amide bonds. The summed E-state index contributed by atoms with van der Waals surface area (Å²) in [6, 6.07) is 8.06. The highest BCUT2D eigenvalue weighted by Gasteiger charge is 2.30. The van der Waals surface area contributed by atoms with Crippen LogP contribution in [-0.2, 0) is 0 Å². The first-order valence-electron chi connectivity index (χ1n) is 8.15. The Hall–Kier alpha value is -1.84. The second-order valence-corrected chi connectivity index (χ2v) is 6.44. The first kappa shape index (κ1) is 12.9. The van der Waals surface area contributed by atoms with Gasteiger partial charge in [-0.15, -0.1) is 0 Å². The normalized spacial score (nSPS) is 27.7. The minimum absolute atomic E-state index is 0.745. The summed E-state index contributed by atoms with van der Waals surface area (Å²) in [6.07, 6.45) is 9.33. The Morgan fingerprint density at radius 3 is 2.86 bits per heavy atom. The largest absolute Gasteiger partial charge is 0.323 e. The van der Waals surface area contributed by atoms with E-state index >= 15 is 0 Å². The van der Waals surface area contributed by atoms with E-state index in [1.807, 2.05) is 24.3 Å². The van der Waals surface area contributed by atoms with Gasteiger partial charge in [-0.05, 0) is 49.7 Å². The van der Waals surface area contributed by atoms with Gasteiger partial charge in [-0.25, -0.2) is 10.4 Å². The lowest BCUT2D eigenvalue weighted by atomic mass is 9.70. The topological polar surface area (TPSA) is 53.1 Å². The zero-order chi connectivity index (χ0) is 14.1. The molecule has 21 heavy (non-hydrogen) atoms. The lowest BCUT2D eigenvalue weighted by Gasteiger charge is -2.35. The Morgan fingerprint density at radius 2 is 1.95 bits per heavy atom. The van der Waals surface area contributed by atoms with Gasteiger partial charge < -0.3 is 4.98 Å². The lowest BCUT2D eigenvalue weighted by Crippen LogP contribution is -2.28. The molecule has 0 aliphatic heterocycles. The van der Waals surface area contributed by atoms with E-state index in [0.29, 0.717) is 0 Å². The highest BCUT2D eigenvalue weighted by molar-refractivity contribution is 5.86. The Labute approximate surface area is 125 Å². The zero-order valence-electron chi connectivity index (χ0n) is 12.3. The average molecular weight is 282 g/mol. The van der Waals surface area contributed by atoms with Crippen LogP contribution in [0.3, 0.4) is 0 Å². The average Bonchev–Trinajstić information content (AvgIpc) is 2.95. The van der Waals surface area contributed by atoms with Crippen LogP contribution in [0.5, 0.6) is 0 Å². The lowest BCUT2D eigenvalue weighted by molar-refractivity contribution is 0.218. The van der Waals surface area contributed by atoms with Crippen LogP contribution < -0.4 is 5.43 Å². The second kappa shape index (κ2) is 5.51. The summed E-state index contributed by atoms with van der Waals surface area (Å²) in [4.78, 5) is 7.77. The first-order chi connectivity index (χ1) is 10.4. The standard InChI is InChI=1S/C17H22N4/c1-2-6-13-11-14(10-9-12(13)5-1)20-21-17-18-15-7-3-4-8-16(15)19-17/h3-4,7-8,12-13H,1-2,5-6,9-11H2,(H2,18,19,21)/b20-14-/t12-,13+/m0/s1. The number of imidazole rings is 1. The Morgan fingerprint density at radius 1 is 1.10 bits per heavy atom. The van der Waals surface area contributed by atoms with Gasteiger partial charge in [0, 0.05) is 5.71 Å². The highest BCUT2D eigenvalue weighted by Crippen LogP contribution is 2.39. The number of nitrogens with zero attached hydrogens (tertiary/aromatic N) is 2.